The van der Waals surface area contributed by atoms with Crippen LogP contribution in [0.4, 0.5) is 5.13 Å². The number of aryl methyl sites for hydroxylation is 1. The SMILES string of the molecule is CCOc1cc(C=C(C#N)C(=O)Nc2nnc(CC(C)C)s2)ccc1OCCOc1ccc(Cl)c(C)c1. The number of nitrogens with zero attached hydrogens (tertiary/aromatic N) is 3. The molecule has 0 spiro atoms. The quantitative estimate of drug-likeness (QED) is 0.168. The Morgan fingerprint density at radius 2 is 1.92 bits per heavy atom. The number of nitrogens with one attached hydrogen (secondary N) is 1. The predicted octanol–water partition coefficient (Wildman–Crippen LogP) is 6.10. The zero-order valence-electron chi connectivity index (χ0n) is 21.2. The molecule has 10 heteroatoms. The van der Waals surface area contributed by atoms with Crippen molar-refractivity contribution in [1.82, 2.24) is 10.2 Å². The Labute approximate surface area is 225 Å². The van der Waals surface area contributed by atoms with Crippen LogP contribution >= 0.6 is 22.9 Å². The second-order valence-corrected chi connectivity index (χ2v) is 9.94. The summed E-state index contributed by atoms with van der Waals surface area (Å²) in [7, 11) is 0. The number of ether oxygens (including phenoxy) is 3. The van der Waals surface area contributed by atoms with Crippen molar-refractivity contribution in [3.8, 4) is 23.3 Å². The van der Waals surface area contributed by atoms with E-state index in [0.717, 1.165) is 17.0 Å². The van der Waals surface area contributed by atoms with Crippen molar-refractivity contribution >= 4 is 40.1 Å². The normalized spacial score (nSPS) is 11.2. The molecule has 8 nitrogen and oxygen atoms in total. The highest BCUT2D eigenvalue weighted by Crippen LogP contribution is 2.30. The molecule has 1 heterocycles. The van der Waals surface area contributed by atoms with Crippen molar-refractivity contribution in [3.63, 3.8) is 0 Å². The predicted molar refractivity (Wildman–Crippen MR) is 145 cm³/mol. The fraction of sp³-hybridized carbons (Fsp3) is 0.333. The number of carbonyl (C=O) groups is 1. The van der Waals surface area contributed by atoms with E-state index < -0.39 is 5.91 Å². The Kier molecular flexibility index (Phi) is 10.3. The zero-order chi connectivity index (χ0) is 26.8. The molecule has 0 saturated heterocycles. The molecule has 0 bridgehead atoms. The van der Waals surface area contributed by atoms with Crippen LogP contribution in [0.25, 0.3) is 6.08 Å². The first-order chi connectivity index (χ1) is 17.8. The Bertz CT molecular complexity index is 1300. The summed E-state index contributed by atoms with van der Waals surface area (Å²) in [6, 6.07) is 12.6. The van der Waals surface area contributed by atoms with Gasteiger partial charge in [-0.2, -0.15) is 5.26 Å². The van der Waals surface area contributed by atoms with Gasteiger partial charge in [0.25, 0.3) is 5.91 Å². The lowest BCUT2D eigenvalue weighted by Crippen LogP contribution is -2.13. The number of anilines is 1. The van der Waals surface area contributed by atoms with Gasteiger partial charge in [-0.1, -0.05) is 42.9 Å². The van der Waals surface area contributed by atoms with E-state index in [9.17, 15) is 10.1 Å². The summed E-state index contributed by atoms with van der Waals surface area (Å²) in [5.74, 6) is 1.62. The molecule has 0 atom stereocenters. The second kappa shape index (κ2) is 13.6. The van der Waals surface area contributed by atoms with E-state index in [0.29, 0.717) is 58.7 Å². The summed E-state index contributed by atoms with van der Waals surface area (Å²) in [6.07, 6.45) is 2.26. The third-order valence-electron chi connectivity index (χ3n) is 4.95. The number of hydrogen-bond donors (Lipinski definition) is 1. The molecule has 2 aromatic carbocycles. The number of carbonyl (C=O) groups excluding carboxylic acids is 1. The summed E-state index contributed by atoms with van der Waals surface area (Å²) < 4.78 is 17.3. The molecule has 1 aromatic heterocycles. The maximum atomic E-state index is 12.6. The number of rotatable bonds is 12. The molecule has 0 fully saturated rings. The molecule has 194 valence electrons. The topological polar surface area (TPSA) is 106 Å². The van der Waals surface area contributed by atoms with Crippen LogP contribution in [0, 0.1) is 24.2 Å². The monoisotopic (exact) mass is 540 g/mol. The van der Waals surface area contributed by atoms with Gasteiger partial charge in [-0.05, 0) is 67.3 Å². The summed E-state index contributed by atoms with van der Waals surface area (Å²) in [6.45, 7) is 8.99. The number of hydrogen-bond acceptors (Lipinski definition) is 8. The van der Waals surface area contributed by atoms with Gasteiger partial charge in [0.1, 0.15) is 35.6 Å². The number of aromatic nitrogens is 2. The molecule has 0 saturated carbocycles. The van der Waals surface area contributed by atoms with E-state index in [4.69, 9.17) is 25.8 Å². The van der Waals surface area contributed by atoms with E-state index in [1.54, 1.807) is 30.3 Å². The first kappa shape index (κ1) is 28.0. The lowest BCUT2D eigenvalue weighted by atomic mass is 10.1. The second-order valence-electron chi connectivity index (χ2n) is 8.47. The summed E-state index contributed by atoms with van der Waals surface area (Å²) in [5.41, 5.74) is 1.49. The average molecular weight is 541 g/mol. The van der Waals surface area contributed by atoms with Gasteiger partial charge in [-0.15, -0.1) is 10.2 Å². The van der Waals surface area contributed by atoms with Crippen molar-refractivity contribution in [3.05, 3.63) is 63.1 Å². The molecule has 0 aliphatic heterocycles. The third-order valence-corrected chi connectivity index (χ3v) is 6.24. The lowest BCUT2D eigenvalue weighted by Gasteiger charge is -2.13. The van der Waals surface area contributed by atoms with Crippen molar-refractivity contribution in [2.45, 2.75) is 34.1 Å². The highest BCUT2D eigenvalue weighted by atomic mass is 35.5. The number of nitriles is 1. The zero-order valence-corrected chi connectivity index (χ0v) is 22.8. The number of amides is 1. The molecule has 0 radical (unpaired) electrons. The highest BCUT2D eigenvalue weighted by Gasteiger charge is 2.14. The van der Waals surface area contributed by atoms with Crippen LogP contribution in [0.1, 0.15) is 36.9 Å². The summed E-state index contributed by atoms with van der Waals surface area (Å²) in [5, 5.41) is 22.2. The van der Waals surface area contributed by atoms with Crippen LogP contribution in [-0.4, -0.2) is 35.9 Å². The maximum absolute atomic E-state index is 12.6. The van der Waals surface area contributed by atoms with Gasteiger partial charge in [0, 0.05) is 11.4 Å². The van der Waals surface area contributed by atoms with Gasteiger partial charge in [0.05, 0.1) is 6.61 Å². The molecule has 3 aromatic rings. The van der Waals surface area contributed by atoms with E-state index >= 15 is 0 Å². The molecular formula is C27H29ClN4O4S. The molecule has 3 rings (SSSR count). The van der Waals surface area contributed by atoms with E-state index in [1.807, 2.05) is 26.0 Å². The summed E-state index contributed by atoms with van der Waals surface area (Å²) in [4.78, 5) is 12.6. The van der Waals surface area contributed by atoms with E-state index in [1.165, 1.54) is 17.4 Å². The smallest absolute Gasteiger partial charge is 0.268 e. The first-order valence-corrected chi connectivity index (χ1v) is 13.0. The summed E-state index contributed by atoms with van der Waals surface area (Å²) >= 11 is 7.35. The molecule has 1 amide bonds. The maximum Gasteiger partial charge on any atom is 0.268 e. The fourth-order valence-corrected chi connectivity index (χ4v) is 4.30. The van der Waals surface area contributed by atoms with Gasteiger partial charge in [0.15, 0.2) is 11.5 Å². The fourth-order valence-electron chi connectivity index (χ4n) is 3.24. The van der Waals surface area contributed by atoms with Crippen LogP contribution in [0.15, 0.2) is 42.0 Å². The number of halogens is 1. The Hall–Kier alpha value is -3.61. The standard InChI is InChI=1S/C27H29ClN4O4S/c1-5-34-24-15-19(6-9-23(24)36-11-10-35-21-7-8-22(28)18(4)13-21)14-20(16-29)26(33)30-27-32-31-25(37-27)12-17(2)3/h6-9,13-15,17H,5,10-12H2,1-4H3,(H,30,32,33). The van der Waals surface area contributed by atoms with Crippen LogP contribution in [-0.2, 0) is 11.2 Å². The van der Waals surface area contributed by atoms with E-state index in [-0.39, 0.29) is 5.57 Å². The molecule has 1 N–H and O–H groups in total. The van der Waals surface area contributed by atoms with Crippen LogP contribution in [0.5, 0.6) is 17.2 Å². The van der Waals surface area contributed by atoms with Crippen molar-refractivity contribution in [2.75, 3.05) is 25.1 Å². The van der Waals surface area contributed by atoms with Gasteiger partial charge >= 0.3 is 0 Å². The van der Waals surface area contributed by atoms with Gasteiger partial charge in [-0.25, -0.2) is 0 Å². The third kappa shape index (κ3) is 8.48. The number of benzene rings is 2. The molecule has 37 heavy (non-hydrogen) atoms. The van der Waals surface area contributed by atoms with Crippen molar-refractivity contribution in [1.29, 1.82) is 5.26 Å². The minimum atomic E-state index is -0.553. The first-order valence-electron chi connectivity index (χ1n) is 11.8. The Morgan fingerprint density at radius 3 is 2.62 bits per heavy atom. The molecule has 0 aliphatic rings. The lowest BCUT2D eigenvalue weighted by molar-refractivity contribution is -0.112. The van der Waals surface area contributed by atoms with Crippen molar-refractivity contribution < 1.29 is 19.0 Å². The van der Waals surface area contributed by atoms with Crippen LogP contribution < -0.4 is 19.5 Å². The van der Waals surface area contributed by atoms with Gasteiger partial charge in [0.2, 0.25) is 5.13 Å². The Morgan fingerprint density at radius 1 is 1.14 bits per heavy atom. The van der Waals surface area contributed by atoms with Gasteiger partial charge < -0.3 is 14.2 Å². The molecular weight excluding hydrogens is 512 g/mol. The van der Waals surface area contributed by atoms with Crippen LogP contribution in [0.3, 0.4) is 0 Å². The molecule has 0 unspecified atom stereocenters. The van der Waals surface area contributed by atoms with Crippen LogP contribution in [0.2, 0.25) is 5.02 Å². The minimum Gasteiger partial charge on any atom is -0.490 e. The Balaban J connectivity index is 1.64. The molecule has 0 aliphatic carbocycles. The minimum absolute atomic E-state index is 0.0663. The average Bonchev–Trinajstić information content (AvgIpc) is 3.29. The van der Waals surface area contributed by atoms with Crippen molar-refractivity contribution in [2.24, 2.45) is 5.92 Å². The van der Waals surface area contributed by atoms with E-state index in [2.05, 4.69) is 29.4 Å². The van der Waals surface area contributed by atoms with Gasteiger partial charge in [-0.3, -0.25) is 10.1 Å². The largest absolute Gasteiger partial charge is 0.490 e. The highest BCUT2D eigenvalue weighted by molar-refractivity contribution is 7.15.